The van der Waals surface area contributed by atoms with E-state index in [2.05, 4.69) is 5.32 Å². The number of anilines is 1. The Labute approximate surface area is 185 Å². The predicted molar refractivity (Wildman–Crippen MR) is 121 cm³/mol. The summed E-state index contributed by atoms with van der Waals surface area (Å²) in [4.78, 5) is 28.8. The summed E-state index contributed by atoms with van der Waals surface area (Å²) in [6.07, 6.45) is 0. The first-order valence-corrected chi connectivity index (χ1v) is 11.1. The first-order chi connectivity index (χ1) is 15.0. The highest BCUT2D eigenvalue weighted by atomic mass is 32.1. The van der Waals surface area contributed by atoms with Crippen LogP contribution in [0.1, 0.15) is 38.1 Å². The third kappa shape index (κ3) is 4.72. The van der Waals surface area contributed by atoms with Gasteiger partial charge in [-0.25, -0.2) is 0 Å². The van der Waals surface area contributed by atoms with Crippen molar-refractivity contribution in [1.82, 2.24) is 4.90 Å². The second-order valence-electron chi connectivity index (χ2n) is 7.24. The zero-order chi connectivity index (χ0) is 21.8. The van der Waals surface area contributed by atoms with Crippen LogP contribution in [0, 0.1) is 6.92 Å². The van der Waals surface area contributed by atoms with Gasteiger partial charge in [-0.2, -0.15) is 0 Å². The summed E-state index contributed by atoms with van der Waals surface area (Å²) < 4.78 is 11.1. The van der Waals surface area contributed by atoms with Crippen molar-refractivity contribution < 1.29 is 19.1 Å². The standard InChI is InChI=1S/C24H24N2O4S/c1-3-26(15-19-5-4-12-31-19)24(28)18-7-6-16(2)20(13-18)25-23(27)17-8-9-21-22(14-17)30-11-10-29-21/h4-9,12-14H,3,10-11,15H2,1-2H3,(H,25,27). The molecule has 31 heavy (non-hydrogen) atoms. The van der Waals surface area contributed by atoms with Crippen molar-refractivity contribution in [3.63, 3.8) is 0 Å². The summed E-state index contributed by atoms with van der Waals surface area (Å²) >= 11 is 1.63. The molecule has 4 rings (SSSR count). The van der Waals surface area contributed by atoms with Gasteiger partial charge in [0, 0.05) is 28.2 Å². The molecule has 0 saturated carbocycles. The smallest absolute Gasteiger partial charge is 0.255 e. The third-order valence-electron chi connectivity index (χ3n) is 5.13. The van der Waals surface area contributed by atoms with Gasteiger partial charge in [0.05, 0.1) is 6.54 Å². The largest absolute Gasteiger partial charge is 0.486 e. The number of benzene rings is 2. The Hall–Kier alpha value is -3.32. The number of fused-ring (bicyclic) bond motifs is 1. The molecule has 3 aromatic rings. The van der Waals surface area contributed by atoms with Crippen molar-refractivity contribution in [2.75, 3.05) is 25.1 Å². The van der Waals surface area contributed by atoms with E-state index in [1.807, 2.05) is 37.4 Å². The van der Waals surface area contributed by atoms with Crippen LogP contribution in [0.3, 0.4) is 0 Å². The summed E-state index contributed by atoms with van der Waals surface area (Å²) in [5, 5.41) is 4.93. The fourth-order valence-electron chi connectivity index (χ4n) is 3.37. The molecule has 0 radical (unpaired) electrons. The molecule has 0 fully saturated rings. The average molecular weight is 437 g/mol. The third-order valence-corrected chi connectivity index (χ3v) is 5.99. The Morgan fingerprint density at radius 3 is 2.55 bits per heavy atom. The van der Waals surface area contributed by atoms with Crippen LogP contribution in [0.5, 0.6) is 11.5 Å². The van der Waals surface area contributed by atoms with Crippen LogP contribution >= 0.6 is 11.3 Å². The molecule has 1 N–H and O–H groups in total. The van der Waals surface area contributed by atoms with Crippen molar-refractivity contribution in [3.8, 4) is 11.5 Å². The maximum Gasteiger partial charge on any atom is 0.255 e. The highest BCUT2D eigenvalue weighted by molar-refractivity contribution is 7.09. The van der Waals surface area contributed by atoms with Gasteiger partial charge in [0.15, 0.2) is 11.5 Å². The van der Waals surface area contributed by atoms with Gasteiger partial charge in [0.25, 0.3) is 11.8 Å². The van der Waals surface area contributed by atoms with E-state index in [9.17, 15) is 9.59 Å². The minimum atomic E-state index is -0.268. The van der Waals surface area contributed by atoms with Gasteiger partial charge >= 0.3 is 0 Å². The van der Waals surface area contributed by atoms with Crippen LogP contribution in [-0.4, -0.2) is 36.5 Å². The van der Waals surface area contributed by atoms with Gasteiger partial charge in [0.1, 0.15) is 13.2 Å². The second-order valence-corrected chi connectivity index (χ2v) is 8.27. The summed E-state index contributed by atoms with van der Waals surface area (Å²) in [7, 11) is 0. The molecule has 2 amide bonds. The van der Waals surface area contributed by atoms with Crippen molar-refractivity contribution in [3.05, 3.63) is 75.5 Å². The molecule has 0 spiro atoms. The summed E-state index contributed by atoms with van der Waals surface area (Å²) in [6, 6.07) is 14.5. The number of rotatable bonds is 6. The summed E-state index contributed by atoms with van der Waals surface area (Å²) in [6.45, 7) is 5.99. The summed E-state index contributed by atoms with van der Waals surface area (Å²) in [5.41, 5.74) is 2.50. The van der Waals surface area contributed by atoms with E-state index in [-0.39, 0.29) is 11.8 Å². The molecule has 2 heterocycles. The number of carbonyl (C=O) groups excluding carboxylic acids is 2. The van der Waals surface area contributed by atoms with Crippen molar-refractivity contribution >= 4 is 28.8 Å². The lowest BCUT2D eigenvalue weighted by Gasteiger charge is -2.21. The van der Waals surface area contributed by atoms with E-state index in [0.717, 1.165) is 10.4 Å². The zero-order valence-corrected chi connectivity index (χ0v) is 18.3. The first kappa shape index (κ1) is 20.9. The van der Waals surface area contributed by atoms with Gasteiger partial charge in [0.2, 0.25) is 0 Å². The quantitative estimate of drug-likeness (QED) is 0.606. The Kier molecular flexibility index (Phi) is 6.23. The Morgan fingerprint density at radius 1 is 1.03 bits per heavy atom. The molecule has 160 valence electrons. The van der Waals surface area contributed by atoms with Crippen molar-refractivity contribution in [1.29, 1.82) is 0 Å². The maximum absolute atomic E-state index is 13.1. The topological polar surface area (TPSA) is 67.9 Å². The second kappa shape index (κ2) is 9.22. The molecule has 0 atom stereocenters. The van der Waals surface area contributed by atoms with E-state index >= 15 is 0 Å². The van der Waals surface area contributed by atoms with Crippen molar-refractivity contribution in [2.45, 2.75) is 20.4 Å². The Bertz CT molecular complexity index is 1090. The van der Waals surface area contributed by atoms with Crippen LogP contribution < -0.4 is 14.8 Å². The van der Waals surface area contributed by atoms with Crippen LogP contribution in [-0.2, 0) is 6.54 Å². The molecule has 0 aliphatic carbocycles. The maximum atomic E-state index is 13.1. The molecule has 1 aromatic heterocycles. The fraction of sp³-hybridized carbons (Fsp3) is 0.250. The SMILES string of the molecule is CCN(Cc1cccs1)C(=O)c1ccc(C)c(NC(=O)c2ccc3c(c2)OCCO3)c1. The molecular weight excluding hydrogens is 412 g/mol. The number of hydrogen-bond acceptors (Lipinski definition) is 5. The number of thiophene rings is 1. The number of nitrogens with one attached hydrogen (secondary N) is 1. The lowest BCUT2D eigenvalue weighted by Crippen LogP contribution is -2.30. The van der Waals surface area contributed by atoms with Gasteiger partial charge in [-0.1, -0.05) is 12.1 Å². The van der Waals surface area contributed by atoms with Gasteiger partial charge in [-0.15, -0.1) is 11.3 Å². The number of hydrogen-bond donors (Lipinski definition) is 1. The monoisotopic (exact) mass is 436 g/mol. The van der Waals surface area contributed by atoms with E-state index in [4.69, 9.17) is 9.47 Å². The van der Waals surface area contributed by atoms with Crippen LogP contribution in [0.4, 0.5) is 5.69 Å². The molecule has 7 heteroatoms. The van der Waals surface area contributed by atoms with E-state index < -0.39 is 0 Å². The molecule has 1 aliphatic heterocycles. The molecule has 0 unspecified atom stereocenters. The number of carbonyl (C=O) groups is 2. The molecule has 1 aliphatic rings. The van der Waals surface area contributed by atoms with E-state index in [0.29, 0.717) is 54.6 Å². The molecule has 2 aromatic carbocycles. The summed E-state index contributed by atoms with van der Waals surface area (Å²) in [5.74, 6) is 0.866. The lowest BCUT2D eigenvalue weighted by atomic mass is 10.1. The minimum absolute atomic E-state index is 0.0641. The van der Waals surface area contributed by atoms with Crippen LogP contribution in [0.25, 0.3) is 0 Å². The zero-order valence-electron chi connectivity index (χ0n) is 17.5. The number of aryl methyl sites for hydroxylation is 1. The van der Waals surface area contributed by atoms with E-state index in [1.165, 1.54) is 0 Å². The number of amides is 2. The number of ether oxygens (including phenoxy) is 2. The van der Waals surface area contributed by atoms with Crippen molar-refractivity contribution in [2.24, 2.45) is 0 Å². The van der Waals surface area contributed by atoms with Gasteiger partial charge < -0.3 is 19.7 Å². The number of nitrogens with zero attached hydrogens (tertiary/aromatic N) is 1. The average Bonchev–Trinajstić information content (AvgIpc) is 3.31. The molecule has 6 nitrogen and oxygen atoms in total. The molecular formula is C24H24N2O4S. The highest BCUT2D eigenvalue weighted by Crippen LogP contribution is 2.31. The fourth-order valence-corrected chi connectivity index (χ4v) is 4.09. The normalized spacial score (nSPS) is 12.3. The van der Waals surface area contributed by atoms with Crippen LogP contribution in [0.15, 0.2) is 53.9 Å². The van der Waals surface area contributed by atoms with Gasteiger partial charge in [-0.3, -0.25) is 9.59 Å². The molecule has 0 saturated heterocycles. The van der Waals surface area contributed by atoms with E-state index in [1.54, 1.807) is 46.6 Å². The van der Waals surface area contributed by atoms with Crippen LogP contribution in [0.2, 0.25) is 0 Å². The van der Waals surface area contributed by atoms with Gasteiger partial charge in [-0.05, 0) is 61.2 Å². The Balaban J connectivity index is 1.52. The Morgan fingerprint density at radius 2 is 1.81 bits per heavy atom. The minimum Gasteiger partial charge on any atom is -0.486 e. The molecule has 0 bridgehead atoms. The first-order valence-electron chi connectivity index (χ1n) is 10.2. The predicted octanol–water partition coefficient (Wildman–Crippen LogP) is 4.74. The highest BCUT2D eigenvalue weighted by Gasteiger charge is 2.18. The lowest BCUT2D eigenvalue weighted by molar-refractivity contribution is 0.0754.